The predicted octanol–water partition coefficient (Wildman–Crippen LogP) is -1.32. The first-order valence-electron chi connectivity index (χ1n) is 7.83. The van der Waals surface area contributed by atoms with Gasteiger partial charge in [0.15, 0.2) is 0 Å². The number of nitrogens with one attached hydrogen (secondary N) is 2. The minimum atomic E-state index is -1.40. The number of nitrogens with two attached hydrogens (primary N) is 1. The minimum Gasteiger partial charge on any atom is -0.508 e. The number of phenolic OH excluding ortho intramolecular Hbond substituents is 1. The molecule has 0 saturated carbocycles. The largest absolute Gasteiger partial charge is 0.508 e. The number of rotatable bonds is 9. The van der Waals surface area contributed by atoms with Crippen LogP contribution in [-0.2, 0) is 30.3 Å². The van der Waals surface area contributed by atoms with E-state index in [0.29, 0.717) is 5.56 Å². The molecule has 1 rings (SSSR count). The number of hydrogen-bond acceptors (Lipinski definition) is 7. The molecule has 0 bridgehead atoms. The van der Waals surface area contributed by atoms with Gasteiger partial charge in [-0.25, -0.2) is 9.59 Å². The quantitative estimate of drug-likeness (QED) is 0.260. The van der Waals surface area contributed by atoms with Crippen LogP contribution in [0.1, 0.15) is 5.56 Å². The molecule has 27 heavy (non-hydrogen) atoms. The number of esters is 1. The van der Waals surface area contributed by atoms with Gasteiger partial charge in [0.25, 0.3) is 0 Å². The van der Waals surface area contributed by atoms with Crippen LogP contribution in [-0.4, -0.2) is 59.7 Å². The number of phenols is 1. The summed E-state index contributed by atoms with van der Waals surface area (Å²) in [5.74, 6) is -3.48. The first-order chi connectivity index (χ1) is 12.7. The SMILES string of the molecule is COC(=O)/C=C\C(=O)NC[C@H](NC(=O)[C@@H](N)Cc1ccc(O)cc1)C(=O)O. The first-order valence-corrected chi connectivity index (χ1v) is 7.83. The summed E-state index contributed by atoms with van der Waals surface area (Å²) in [5.41, 5.74) is 6.45. The topological polar surface area (TPSA) is 168 Å². The average molecular weight is 379 g/mol. The van der Waals surface area contributed by atoms with Gasteiger partial charge in [0.2, 0.25) is 11.8 Å². The lowest BCUT2D eigenvalue weighted by atomic mass is 10.1. The normalized spacial score (nSPS) is 12.8. The molecule has 10 nitrogen and oxygen atoms in total. The van der Waals surface area contributed by atoms with Gasteiger partial charge in [0.05, 0.1) is 13.2 Å². The number of carbonyl (C=O) groups is 4. The lowest BCUT2D eigenvalue weighted by Crippen LogP contribution is -2.53. The van der Waals surface area contributed by atoms with Crippen molar-refractivity contribution in [1.29, 1.82) is 0 Å². The van der Waals surface area contributed by atoms with Crippen molar-refractivity contribution in [1.82, 2.24) is 10.6 Å². The Bertz CT molecular complexity index is 716. The summed E-state index contributed by atoms with van der Waals surface area (Å²) in [6.45, 7) is -0.405. The molecule has 1 aromatic rings. The molecule has 2 atom stereocenters. The van der Waals surface area contributed by atoms with E-state index in [1.165, 1.54) is 12.1 Å². The number of methoxy groups -OCH3 is 1. The summed E-state index contributed by atoms with van der Waals surface area (Å²) in [7, 11) is 1.14. The van der Waals surface area contributed by atoms with E-state index >= 15 is 0 Å². The average Bonchev–Trinajstić information content (AvgIpc) is 2.64. The summed E-state index contributed by atoms with van der Waals surface area (Å²) in [6, 6.07) is 3.63. The Balaban J connectivity index is 2.57. The van der Waals surface area contributed by atoms with E-state index in [1.54, 1.807) is 12.1 Å². The van der Waals surface area contributed by atoms with Crippen molar-refractivity contribution in [3.63, 3.8) is 0 Å². The lowest BCUT2D eigenvalue weighted by molar-refractivity contribution is -0.142. The number of amides is 2. The molecular weight excluding hydrogens is 358 g/mol. The van der Waals surface area contributed by atoms with Crippen LogP contribution in [0.2, 0.25) is 0 Å². The molecule has 0 aliphatic carbocycles. The third-order valence-electron chi connectivity index (χ3n) is 3.40. The molecule has 0 saturated heterocycles. The lowest BCUT2D eigenvalue weighted by Gasteiger charge is -2.18. The van der Waals surface area contributed by atoms with Crippen molar-refractivity contribution in [2.45, 2.75) is 18.5 Å². The molecule has 0 aliphatic rings. The fraction of sp³-hybridized carbons (Fsp3) is 0.294. The van der Waals surface area contributed by atoms with Crippen LogP contribution in [0.25, 0.3) is 0 Å². The molecule has 0 fully saturated rings. The van der Waals surface area contributed by atoms with Crippen LogP contribution in [0.5, 0.6) is 5.75 Å². The second kappa shape index (κ2) is 10.6. The smallest absolute Gasteiger partial charge is 0.330 e. The maximum atomic E-state index is 12.1. The summed E-state index contributed by atoms with van der Waals surface area (Å²) in [6.07, 6.45) is 1.88. The van der Waals surface area contributed by atoms with Gasteiger partial charge in [-0.05, 0) is 24.1 Å². The number of benzene rings is 1. The molecule has 0 unspecified atom stereocenters. The molecule has 0 aliphatic heterocycles. The number of hydrogen-bond donors (Lipinski definition) is 5. The van der Waals surface area contributed by atoms with E-state index in [0.717, 1.165) is 19.3 Å². The van der Waals surface area contributed by atoms with Crippen molar-refractivity contribution < 1.29 is 34.1 Å². The Morgan fingerprint density at radius 1 is 1.19 bits per heavy atom. The maximum absolute atomic E-state index is 12.1. The van der Waals surface area contributed by atoms with Gasteiger partial charge in [0.1, 0.15) is 11.8 Å². The maximum Gasteiger partial charge on any atom is 0.330 e. The number of carboxylic acid groups (broad SMARTS) is 1. The molecule has 10 heteroatoms. The second-order valence-electron chi connectivity index (χ2n) is 5.48. The Hall–Kier alpha value is -3.40. The number of carbonyl (C=O) groups excluding carboxylic acids is 3. The van der Waals surface area contributed by atoms with E-state index in [2.05, 4.69) is 15.4 Å². The molecule has 146 valence electrons. The molecule has 2 amide bonds. The Morgan fingerprint density at radius 2 is 1.81 bits per heavy atom. The van der Waals surface area contributed by atoms with Crippen molar-refractivity contribution in [2.75, 3.05) is 13.7 Å². The molecular formula is C17H21N3O7. The zero-order chi connectivity index (χ0) is 20.4. The third-order valence-corrected chi connectivity index (χ3v) is 3.40. The van der Waals surface area contributed by atoms with E-state index in [4.69, 9.17) is 10.8 Å². The summed E-state index contributed by atoms with van der Waals surface area (Å²) >= 11 is 0. The highest BCUT2D eigenvalue weighted by molar-refractivity contribution is 5.95. The standard InChI is InChI=1S/C17H21N3O7/c1-27-15(23)7-6-14(22)19-9-13(17(25)26)20-16(24)12(18)8-10-2-4-11(21)5-3-10/h2-7,12-13,21H,8-9,18H2,1H3,(H,19,22)(H,20,24)(H,25,26)/b7-6-/t12-,13-/m0/s1. The molecule has 0 radical (unpaired) electrons. The van der Waals surface area contributed by atoms with Crippen molar-refractivity contribution in [2.24, 2.45) is 5.73 Å². The zero-order valence-corrected chi connectivity index (χ0v) is 14.5. The van der Waals surface area contributed by atoms with E-state index in [9.17, 15) is 24.3 Å². The number of aromatic hydroxyl groups is 1. The minimum absolute atomic E-state index is 0.0692. The Morgan fingerprint density at radius 3 is 2.37 bits per heavy atom. The molecule has 0 aromatic heterocycles. The van der Waals surface area contributed by atoms with Crippen LogP contribution < -0.4 is 16.4 Å². The van der Waals surface area contributed by atoms with Crippen LogP contribution in [0.3, 0.4) is 0 Å². The Kier molecular flexibility index (Phi) is 8.46. The first kappa shape index (κ1) is 21.6. The van der Waals surface area contributed by atoms with Gasteiger partial charge in [-0.2, -0.15) is 0 Å². The fourth-order valence-corrected chi connectivity index (χ4v) is 1.93. The van der Waals surface area contributed by atoms with Crippen LogP contribution in [0.4, 0.5) is 0 Å². The van der Waals surface area contributed by atoms with Gasteiger partial charge >= 0.3 is 11.9 Å². The van der Waals surface area contributed by atoms with Crippen molar-refractivity contribution in [3.8, 4) is 5.75 Å². The van der Waals surface area contributed by atoms with Gasteiger partial charge in [0, 0.05) is 18.7 Å². The van der Waals surface area contributed by atoms with Crippen LogP contribution in [0.15, 0.2) is 36.4 Å². The number of carboxylic acids is 1. The molecule has 6 N–H and O–H groups in total. The van der Waals surface area contributed by atoms with E-state index < -0.39 is 42.4 Å². The van der Waals surface area contributed by atoms with Crippen LogP contribution >= 0.6 is 0 Å². The molecule has 0 heterocycles. The van der Waals surface area contributed by atoms with Crippen molar-refractivity contribution in [3.05, 3.63) is 42.0 Å². The second-order valence-corrected chi connectivity index (χ2v) is 5.48. The predicted molar refractivity (Wildman–Crippen MR) is 93.5 cm³/mol. The highest BCUT2D eigenvalue weighted by Crippen LogP contribution is 2.10. The zero-order valence-electron chi connectivity index (χ0n) is 14.5. The monoisotopic (exact) mass is 379 g/mol. The summed E-state index contributed by atoms with van der Waals surface area (Å²) in [5, 5.41) is 22.9. The third kappa shape index (κ3) is 8.01. The van der Waals surface area contributed by atoms with E-state index in [1.807, 2.05) is 0 Å². The van der Waals surface area contributed by atoms with Crippen LogP contribution in [0, 0.1) is 0 Å². The number of ether oxygens (including phenoxy) is 1. The van der Waals surface area contributed by atoms with Crippen molar-refractivity contribution >= 4 is 23.8 Å². The molecule has 0 spiro atoms. The Labute approximate surface area is 155 Å². The highest BCUT2D eigenvalue weighted by atomic mass is 16.5. The fourth-order valence-electron chi connectivity index (χ4n) is 1.93. The van der Waals surface area contributed by atoms with Gasteiger partial charge in [-0.3, -0.25) is 9.59 Å². The molecule has 1 aromatic carbocycles. The van der Waals surface area contributed by atoms with Gasteiger partial charge in [-0.1, -0.05) is 12.1 Å². The summed E-state index contributed by atoms with van der Waals surface area (Å²) in [4.78, 5) is 45.7. The van der Waals surface area contributed by atoms with Gasteiger partial charge < -0.3 is 31.3 Å². The highest BCUT2D eigenvalue weighted by Gasteiger charge is 2.23. The van der Waals surface area contributed by atoms with E-state index in [-0.39, 0.29) is 12.2 Å². The summed E-state index contributed by atoms with van der Waals surface area (Å²) < 4.78 is 4.31. The van der Waals surface area contributed by atoms with Gasteiger partial charge in [-0.15, -0.1) is 0 Å². The number of aliphatic carboxylic acids is 1.